The predicted molar refractivity (Wildman–Crippen MR) is 85.4 cm³/mol. The third-order valence-electron chi connectivity index (χ3n) is 4.17. The van der Waals surface area contributed by atoms with E-state index in [0.717, 1.165) is 25.8 Å². The van der Waals surface area contributed by atoms with E-state index in [1.54, 1.807) is 23.9 Å². The van der Waals surface area contributed by atoms with E-state index in [4.69, 9.17) is 0 Å². The molecule has 1 aliphatic carbocycles. The van der Waals surface area contributed by atoms with E-state index in [2.05, 4.69) is 16.4 Å². The van der Waals surface area contributed by atoms with Crippen LogP contribution in [-0.2, 0) is 11.3 Å². The maximum atomic E-state index is 12.2. The molecule has 0 aliphatic heterocycles. The van der Waals surface area contributed by atoms with E-state index < -0.39 is 0 Å². The zero-order valence-electron chi connectivity index (χ0n) is 12.4. The van der Waals surface area contributed by atoms with Crippen LogP contribution in [0.5, 0.6) is 0 Å². The maximum absolute atomic E-state index is 12.2. The lowest BCUT2D eigenvalue weighted by Crippen LogP contribution is -2.41. The van der Waals surface area contributed by atoms with Gasteiger partial charge in [-0.1, -0.05) is 6.07 Å². The summed E-state index contributed by atoms with van der Waals surface area (Å²) < 4.78 is 1.98. The Hall–Kier alpha value is -1.66. The number of hydrogen-bond donors (Lipinski definition) is 2. The number of aliphatic hydroxyl groups is 1. The van der Waals surface area contributed by atoms with Gasteiger partial charge in [-0.25, -0.2) is 4.98 Å². The first-order chi connectivity index (χ1) is 10.7. The Bertz CT molecular complexity index is 577. The minimum absolute atomic E-state index is 0.0455. The van der Waals surface area contributed by atoms with Crippen molar-refractivity contribution in [2.45, 2.75) is 44.4 Å². The van der Waals surface area contributed by atoms with Crippen LogP contribution >= 0.6 is 11.3 Å². The third-order valence-corrected chi connectivity index (χ3v) is 5.12. The maximum Gasteiger partial charge on any atom is 0.220 e. The van der Waals surface area contributed by atoms with Crippen molar-refractivity contribution in [1.29, 1.82) is 0 Å². The summed E-state index contributed by atoms with van der Waals surface area (Å²) >= 11 is 1.66. The Morgan fingerprint density at radius 2 is 2.41 bits per heavy atom. The molecule has 6 heteroatoms. The molecule has 3 rings (SSSR count). The second-order valence-electron chi connectivity index (χ2n) is 5.85. The van der Waals surface area contributed by atoms with Crippen molar-refractivity contribution >= 4 is 17.2 Å². The number of imidazole rings is 1. The SMILES string of the molecule is O=C(CCCn1ccnc1)N[C@@H](c1cccs1)C1CC(O)C1. The quantitative estimate of drug-likeness (QED) is 0.823. The van der Waals surface area contributed by atoms with Crippen LogP contribution in [0.3, 0.4) is 0 Å². The number of carbonyl (C=O) groups excluding carboxylic acids is 1. The average Bonchev–Trinajstić information content (AvgIpc) is 3.14. The molecule has 2 N–H and O–H groups in total. The first-order valence-electron chi connectivity index (χ1n) is 7.69. The minimum Gasteiger partial charge on any atom is -0.393 e. The number of aryl methyl sites for hydroxylation is 1. The highest BCUT2D eigenvalue weighted by molar-refractivity contribution is 7.10. The van der Waals surface area contributed by atoms with Crippen LogP contribution in [0.25, 0.3) is 0 Å². The van der Waals surface area contributed by atoms with Gasteiger partial charge in [0.15, 0.2) is 0 Å². The summed E-state index contributed by atoms with van der Waals surface area (Å²) in [6, 6.07) is 4.11. The lowest BCUT2D eigenvalue weighted by atomic mass is 9.76. The first-order valence-corrected chi connectivity index (χ1v) is 8.57. The van der Waals surface area contributed by atoms with Crippen LogP contribution in [0.2, 0.25) is 0 Å². The first kappa shape index (κ1) is 15.2. The normalized spacial score (nSPS) is 22.0. The Morgan fingerprint density at radius 1 is 1.55 bits per heavy atom. The largest absolute Gasteiger partial charge is 0.393 e. The third kappa shape index (κ3) is 3.75. The Morgan fingerprint density at radius 3 is 3.05 bits per heavy atom. The van der Waals surface area contributed by atoms with Gasteiger partial charge in [0, 0.05) is 30.2 Å². The molecule has 1 atom stereocenters. The topological polar surface area (TPSA) is 67.2 Å². The van der Waals surface area contributed by atoms with Crippen molar-refractivity contribution in [3.05, 3.63) is 41.1 Å². The molecule has 22 heavy (non-hydrogen) atoms. The molecule has 1 aliphatic rings. The van der Waals surface area contributed by atoms with Gasteiger partial charge >= 0.3 is 0 Å². The Labute approximate surface area is 134 Å². The van der Waals surface area contributed by atoms with E-state index in [9.17, 15) is 9.90 Å². The number of nitrogens with one attached hydrogen (secondary N) is 1. The number of hydrogen-bond acceptors (Lipinski definition) is 4. The molecule has 2 aromatic heterocycles. The van der Waals surface area contributed by atoms with Crippen LogP contribution in [0.15, 0.2) is 36.2 Å². The molecule has 0 spiro atoms. The van der Waals surface area contributed by atoms with Gasteiger partial charge in [0.2, 0.25) is 5.91 Å². The molecule has 0 unspecified atom stereocenters. The number of rotatable bonds is 7. The van der Waals surface area contributed by atoms with Crippen LogP contribution in [0.4, 0.5) is 0 Å². The number of thiophene rings is 1. The van der Waals surface area contributed by atoms with Crippen molar-refractivity contribution < 1.29 is 9.90 Å². The standard InChI is InChI=1S/C16H21N3O2S/c20-13-9-12(10-13)16(14-3-2-8-22-14)18-15(21)4-1-6-19-7-5-17-11-19/h2-3,5,7-8,11-13,16,20H,1,4,6,9-10H2,(H,18,21)/t12?,13?,16-/m1/s1. The van der Waals surface area contributed by atoms with E-state index in [1.165, 1.54) is 4.88 Å². The average molecular weight is 319 g/mol. The summed E-state index contributed by atoms with van der Waals surface area (Å²) in [5.74, 6) is 0.436. The number of aliphatic hydroxyl groups excluding tert-OH is 1. The molecule has 0 saturated heterocycles. The van der Waals surface area contributed by atoms with E-state index in [1.807, 2.05) is 22.2 Å². The van der Waals surface area contributed by atoms with Crippen molar-refractivity contribution in [2.75, 3.05) is 0 Å². The van der Waals surface area contributed by atoms with Crippen molar-refractivity contribution in [2.24, 2.45) is 5.92 Å². The monoisotopic (exact) mass is 319 g/mol. The van der Waals surface area contributed by atoms with E-state index >= 15 is 0 Å². The van der Waals surface area contributed by atoms with Gasteiger partial charge < -0.3 is 15.0 Å². The molecule has 0 aromatic carbocycles. The Kier molecular flexibility index (Phi) is 4.90. The lowest BCUT2D eigenvalue weighted by molar-refractivity contribution is -0.123. The van der Waals surface area contributed by atoms with Gasteiger partial charge in [0.25, 0.3) is 0 Å². The zero-order valence-corrected chi connectivity index (χ0v) is 13.2. The van der Waals surface area contributed by atoms with Crippen molar-refractivity contribution in [1.82, 2.24) is 14.9 Å². The zero-order chi connectivity index (χ0) is 15.4. The van der Waals surface area contributed by atoms with Gasteiger partial charge in [-0.3, -0.25) is 4.79 Å². The summed E-state index contributed by atoms with van der Waals surface area (Å²) in [5.41, 5.74) is 0. The smallest absolute Gasteiger partial charge is 0.220 e. The van der Waals surface area contributed by atoms with Crippen molar-refractivity contribution in [3.8, 4) is 0 Å². The fourth-order valence-corrected chi connectivity index (χ4v) is 3.75. The summed E-state index contributed by atoms with van der Waals surface area (Å²) in [6.07, 6.45) is 8.07. The van der Waals surface area contributed by atoms with Gasteiger partial charge in [-0.15, -0.1) is 11.3 Å². The number of carbonyl (C=O) groups is 1. The van der Waals surface area contributed by atoms with Crippen molar-refractivity contribution in [3.63, 3.8) is 0 Å². The van der Waals surface area contributed by atoms with Crippen LogP contribution in [-0.4, -0.2) is 26.7 Å². The van der Waals surface area contributed by atoms with Crippen LogP contribution in [0, 0.1) is 5.92 Å². The molecule has 1 fully saturated rings. The summed E-state index contributed by atoms with van der Waals surface area (Å²) in [4.78, 5) is 17.4. The second kappa shape index (κ2) is 7.07. The van der Waals surface area contributed by atoms with Crippen LogP contribution in [0.1, 0.15) is 36.6 Å². The summed E-state index contributed by atoms with van der Waals surface area (Å²) in [6.45, 7) is 0.805. The molecule has 0 radical (unpaired) electrons. The van der Waals surface area contributed by atoms with E-state index in [0.29, 0.717) is 12.3 Å². The van der Waals surface area contributed by atoms with Gasteiger partial charge in [-0.05, 0) is 36.6 Å². The highest BCUT2D eigenvalue weighted by atomic mass is 32.1. The highest BCUT2D eigenvalue weighted by Crippen LogP contribution is 2.39. The molecule has 1 saturated carbocycles. The highest BCUT2D eigenvalue weighted by Gasteiger charge is 2.35. The predicted octanol–water partition coefficient (Wildman–Crippen LogP) is 2.35. The fourth-order valence-electron chi connectivity index (χ4n) is 2.88. The minimum atomic E-state index is -0.203. The van der Waals surface area contributed by atoms with Gasteiger partial charge in [0.05, 0.1) is 18.5 Å². The molecule has 118 valence electrons. The molecule has 2 heterocycles. The fraction of sp³-hybridized carbons (Fsp3) is 0.500. The molecular formula is C16H21N3O2S. The molecule has 5 nitrogen and oxygen atoms in total. The van der Waals surface area contributed by atoms with E-state index in [-0.39, 0.29) is 18.1 Å². The molecule has 0 bridgehead atoms. The number of aromatic nitrogens is 2. The molecule has 2 aromatic rings. The summed E-state index contributed by atoms with van der Waals surface area (Å²) in [7, 11) is 0. The van der Waals surface area contributed by atoms with Gasteiger partial charge in [0.1, 0.15) is 0 Å². The number of nitrogens with zero attached hydrogens (tertiary/aromatic N) is 2. The van der Waals surface area contributed by atoms with Crippen LogP contribution < -0.4 is 5.32 Å². The number of amides is 1. The second-order valence-corrected chi connectivity index (χ2v) is 6.83. The molecule has 1 amide bonds. The molecular weight excluding hydrogens is 298 g/mol. The summed E-state index contributed by atoms with van der Waals surface area (Å²) in [5, 5.41) is 14.7. The van der Waals surface area contributed by atoms with Gasteiger partial charge in [-0.2, -0.15) is 0 Å². The Balaban J connectivity index is 1.50. The lowest BCUT2D eigenvalue weighted by Gasteiger charge is -2.37.